The molecule has 0 spiro atoms. The fourth-order valence-electron chi connectivity index (χ4n) is 1.38. The minimum Gasteiger partial charge on any atom is -0.465 e. The molecule has 4 N–H and O–H groups in total. The molecule has 0 aliphatic rings. The van der Waals surface area contributed by atoms with Crippen molar-refractivity contribution in [3.8, 4) is 0 Å². The van der Waals surface area contributed by atoms with Gasteiger partial charge in [0.1, 0.15) is 5.82 Å². The van der Waals surface area contributed by atoms with Gasteiger partial charge in [-0.2, -0.15) is 0 Å². The monoisotopic (exact) mass is 235 g/mol. The number of amides is 1. The molecule has 0 radical (unpaired) electrons. The number of carbonyl (C=O) groups is 1. The highest BCUT2D eigenvalue weighted by Gasteiger charge is 2.02. The van der Waals surface area contributed by atoms with Crippen molar-refractivity contribution in [3.05, 3.63) is 29.5 Å². The summed E-state index contributed by atoms with van der Waals surface area (Å²) in [5.74, 6) is 0.531. The Labute approximate surface area is 100 Å². The molecule has 1 amide bonds. The van der Waals surface area contributed by atoms with Crippen LogP contribution < -0.4 is 11.1 Å². The normalized spacial score (nSPS) is 12.6. The lowest BCUT2D eigenvalue weighted by molar-refractivity contribution is 0.191. The van der Waals surface area contributed by atoms with Gasteiger partial charge in [0, 0.05) is 12.2 Å². The van der Waals surface area contributed by atoms with E-state index in [4.69, 9.17) is 10.8 Å². The zero-order valence-electron chi connectivity index (χ0n) is 9.97. The van der Waals surface area contributed by atoms with Crippen molar-refractivity contribution >= 4 is 18.0 Å². The first kappa shape index (κ1) is 13.0. The molecule has 0 bridgehead atoms. The number of nitrogens with one attached hydrogen (secondary N) is 1. The van der Waals surface area contributed by atoms with Crippen LogP contribution >= 0.6 is 0 Å². The molecular weight excluding hydrogens is 218 g/mol. The van der Waals surface area contributed by atoms with Crippen LogP contribution in [0.4, 0.5) is 10.6 Å². The van der Waals surface area contributed by atoms with Crippen molar-refractivity contribution in [1.82, 2.24) is 10.3 Å². The van der Waals surface area contributed by atoms with Gasteiger partial charge in [0.2, 0.25) is 0 Å². The first-order valence-electron chi connectivity index (χ1n) is 5.37. The predicted octanol–water partition coefficient (Wildman–Crippen LogP) is 2.03. The van der Waals surface area contributed by atoms with Gasteiger partial charge >= 0.3 is 6.09 Å². The summed E-state index contributed by atoms with van der Waals surface area (Å²) in [6.07, 6.45) is 5.13. The summed E-state index contributed by atoms with van der Waals surface area (Å²) in [6, 6.07) is 1.83. The van der Waals surface area contributed by atoms with Crippen LogP contribution in [-0.2, 0) is 0 Å². The molecule has 1 unspecified atom stereocenters. The van der Waals surface area contributed by atoms with E-state index in [9.17, 15) is 4.79 Å². The summed E-state index contributed by atoms with van der Waals surface area (Å²) in [5.41, 5.74) is 7.50. The number of hydrogen-bond donors (Lipinski definition) is 3. The molecule has 0 saturated heterocycles. The van der Waals surface area contributed by atoms with E-state index in [1.165, 1.54) is 0 Å². The van der Waals surface area contributed by atoms with Crippen LogP contribution in [0.5, 0.6) is 0 Å². The fraction of sp³-hybridized carbons (Fsp3) is 0.333. The van der Waals surface area contributed by atoms with Crippen LogP contribution in [-0.4, -0.2) is 22.2 Å². The van der Waals surface area contributed by atoms with Crippen molar-refractivity contribution in [2.75, 3.05) is 5.73 Å². The number of nitrogens with two attached hydrogens (primary N) is 1. The fourth-order valence-corrected chi connectivity index (χ4v) is 1.38. The van der Waals surface area contributed by atoms with Gasteiger partial charge in [-0.25, -0.2) is 9.78 Å². The maximum atomic E-state index is 10.4. The van der Waals surface area contributed by atoms with Crippen LogP contribution in [0.15, 0.2) is 18.3 Å². The largest absolute Gasteiger partial charge is 0.465 e. The van der Waals surface area contributed by atoms with Gasteiger partial charge < -0.3 is 16.2 Å². The number of aromatic nitrogens is 1. The molecule has 5 heteroatoms. The van der Waals surface area contributed by atoms with Crippen molar-refractivity contribution in [2.24, 2.45) is 0 Å². The average molecular weight is 235 g/mol. The maximum absolute atomic E-state index is 10.4. The molecule has 92 valence electrons. The number of carboxylic acid groups (broad SMARTS) is 1. The summed E-state index contributed by atoms with van der Waals surface area (Å²) >= 11 is 0. The summed E-state index contributed by atoms with van der Waals surface area (Å²) in [5, 5.41) is 10.9. The Bertz CT molecular complexity index is 430. The predicted molar refractivity (Wildman–Crippen MR) is 67.7 cm³/mol. The van der Waals surface area contributed by atoms with Crippen LogP contribution in [0.25, 0.3) is 6.08 Å². The standard InChI is InChI=1S/C12H17N3O2/c1-8-6-10(7-14-11(8)13)5-3-4-9(2)15-12(16)17/h3,5-7,9,15H,4H2,1-2H3,(H2,13,14)(H,16,17)/b5-3+. The van der Waals surface area contributed by atoms with E-state index in [1.807, 2.05) is 32.1 Å². The van der Waals surface area contributed by atoms with E-state index in [0.29, 0.717) is 12.2 Å². The Kier molecular flexibility index (Phi) is 4.51. The van der Waals surface area contributed by atoms with Gasteiger partial charge in [-0.1, -0.05) is 12.2 Å². The van der Waals surface area contributed by atoms with E-state index in [2.05, 4.69) is 10.3 Å². The summed E-state index contributed by atoms with van der Waals surface area (Å²) in [6.45, 7) is 3.71. The first-order chi connectivity index (χ1) is 7.99. The van der Waals surface area contributed by atoms with Crippen molar-refractivity contribution in [1.29, 1.82) is 0 Å². The second-order valence-electron chi connectivity index (χ2n) is 3.96. The molecule has 1 atom stereocenters. The van der Waals surface area contributed by atoms with Crippen LogP contribution in [0.3, 0.4) is 0 Å². The lowest BCUT2D eigenvalue weighted by Gasteiger charge is -2.07. The molecule has 0 aliphatic heterocycles. The minimum absolute atomic E-state index is 0.105. The third-order valence-corrected chi connectivity index (χ3v) is 2.31. The van der Waals surface area contributed by atoms with Gasteiger partial charge in [0.15, 0.2) is 0 Å². The van der Waals surface area contributed by atoms with Crippen LogP contribution in [0.1, 0.15) is 24.5 Å². The Morgan fingerprint density at radius 3 is 3.00 bits per heavy atom. The lowest BCUT2D eigenvalue weighted by Crippen LogP contribution is -2.30. The second-order valence-corrected chi connectivity index (χ2v) is 3.96. The van der Waals surface area contributed by atoms with E-state index in [1.54, 1.807) is 6.20 Å². The SMILES string of the molecule is Cc1cc(/C=C/CC(C)NC(=O)O)cnc1N. The third kappa shape index (κ3) is 4.55. The Morgan fingerprint density at radius 1 is 1.71 bits per heavy atom. The van der Waals surface area contributed by atoms with Gasteiger partial charge in [0.05, 0.1) is 0 Å². The highest BCUT2D eigenvalue weighted by atomic mass is 16.4. The van der Waals surface area contributed by atoms with Gasteiger partial charge in [-0.15, -0.1) is 0 Å². The quantitative estimate of drug-likeness (QED) is 0.745. The summed E-state index contributed by atoms with van der Waals surface area (Å²) in [4.78, 5) is 14.4. The minimum atomic E-state index is -1.00. The number of aryl methyl sites for hydroxylation is 1. The lowest BCUT2D eigenvalue weighted by atomic mass is 10.1. The highest BCUT2D eigenvalue weighted by Crippen LogP contribution is 2.10. The first-order valence-corrected chi connectivity index (χ1v) is 5.37. The molecule has 0 fully saturated rings. The van der Waals surface area contributed by atoms with E-state index in [0.717, 1.165) is 11.1 Å². The molecule has 0 saturated carbocycles. The van der Waals surface area contributed by atoms with Crippen molar-refractivity contribution < 1.29 is 9.90 Å². The van der Waals surface area contributed by atoms with Crippen LogP contribution in [0, 0.1) is 6.92 Å². The topological polar surface area (TPSA) is 88.2 Å². The number of hydrogen-bond acceptors (Lipinski definition) is 3. The van der Waals surface area contributed by atoms with Gasteiger partial charge in [-0.05, 0) is 37.5 Å². The van der Waals surface area contributed by atoms with E-state index < -0.39 is 6.09 Å². The van der Waals surface area contributed by atoms with Gasteiger partial charge in [0.25, 0.3) is 0 Å². The third-order valence-electron chi connectivity index (χ3n) is 2.31. The average Bonchev–Trinajstić information content (AvgIpc) is 2.22. The Morgan fingerprint density at radius 2 is 2.41 bits per heavy atom. The Hall–Kier alpha value is -2.04. The summed E-state index contributed by atoms with van der Waals surface area (Å²) < 4.78 is 0. The molecule has 1 heterocycles. The van der Waals surface area contributed by atoms with Crippen molar-refractivity contribution in [3.63, 3.8) is 0 Å². The van der Waals surface area contributed by atoms with Gasteiger partial charge in [-0.3, -0.25) is 0 Å². The molecule has 5 nitrogen and oxygen atoms in total. The highest BCUT2D eigenvalue weighted by molar-refractivity contribution is 5.64. The number of anilines is 1. The summed E-state index contributed by atoms with van der Waals surface area (Å²) in [7, 11) is 0. The number of pyridine rings is 1. The second kappa shape index (κ2) is 5.89. The number of nitrogens with zero attached hydrogens (tertiary/aromatic N) is 1. The maximum Gasteiger partial charge on any atom is 0.404 e. The van der Waals surface area contributed by atoms with E-state index >= 15 is 0 Å². The van der Waals surface area contributed by atoms with Crippen LogP contribution in [0.2, 0.25) is 0 Å². The smallest absolute Gasteiger partial charge is 0.404 e. The molecule has 17 heavy (non-hydrogen) atoms. The number of nitrogen functional groups attached to an aromatic ring is 1. The molecule has 1 aromatic rings. The molecule has 0 aliphatic carbocycles. The molecule has 1 aromatic heterocycles. The van der Waals surface area contributed by atoms with E-state index in [-0.39, 0.29) is 6.04 Å². The zero-order chi connectivity index (χ0) is 12.8. The zero-order valence-corrected chi connectivity index (χ0v) is 9.97. The molecule has 0 aromatic carbocycles. The molecule has 1 rings (SSSR count). The Balaban J connectivity index is 2.53. The van der Waals surface area contributed by atoms with Crippen molar-refractivity contribution in [2.45, 2.75) is 26.3 Å². The number of rotatable bonds is 4. The molecular formula is C12H17N3O2.